The molecular weight excluding hydrogens is 194 g/mol. The van der Waals surface area contributed by atoms with Gasteiger partial charge in [-0.3, -0.25) is 4.98 Å². The molecule has 0 spiro atoms. The Kier molecular flexibility index (Phi) is 4.48. The number of hydrogen-bond acceptors (Lipinski definition) is 1. The Balaban J connectivity index is 0.000000291. The molecule has 2 bridgehead atoms. The fourth-order valence-corrected chi connectivity index (χ4v) is 1.80. The second-order valence-corrected chi connectivity index (χ2v) is 3.46. The van der Waals surface area contributed by atoms with Gasteiger partial charge in [0.15, 0.2) is 0 Å². The first-order valence-electron chi connectivity index (χ1n) is 6.22. The third-order valence-electron chi connectivity index (χ3n) is 2.46. The van der Waals surface area contributed by atoms with Gasteiger partial charge in [-0.05, 0) is 36.6 Å². The summed E-state index contributed by atoms with van der Waals surface area (Å²) in [6, 6.07) is 8.69. The lowest BCUT2D eigenvalue weighted by molar-refractivity contribution is 1.09. The Hall–Kier alpha value is -1.37. The lowest BCUT2D eigenvalue weighted by atomic mass is 9.90. The first-order chi connectivity index (χ1) is 7.83. The topological polar surface area (TPSA) is 12.9 Å². The van der Waals surface area contributed by atoms with Crippen LogP contribution in [0.2, 0.25) is 0 Å². The molecule has 0 saturated carbocycles. The molecule has 0 saturated heterocycles. The fourth-order valence-electron chi connectivity index (χ4n) is 1.80. The molecule has 2 aromatic rings. The maximum Gasteiger partial charge on any atom is 0.0740 e. The summed E-state index contributed by atoms with van der Waals surface area (Å²) in [5.41, 5.74) is 5.16. The van der Waals surface area contributed by atoms with Gasteiger partial charge in [0.2, 0.25) is 0 Å². The highest BCUT2D eigenvalue weighted by Crippen LogP contribution is 2.29. The van der Waals surface area contributed by atoms with E-state index >= 15 is 0 Å². The van der Waals surface area contributed by atoms with Crippen molar-refractivity contribution >= 4 is 10.9 Å². The number of aryl methyl sites for hydroxylation is 1. The largest absolute Gasteiger partial charge is 0.253 e. The molecule has 0 N–H and O–H groups in total. The smallest absolute Gasteiger partial charge is 0.0740 e. The number of pyridine rings is 1. The maximum atomic E-state index is 4.52. The van der Waals surface area contributed by atoms with Crippen molar-refractivity contribution in [3.05, 3.63) is 41.1 Å². The Morgan fingerprint density at radius 2 is 1.62 bits per heavy atom. The molecular formula is C15H21N. The summed E-state index contributed by atoms with van der Waals surface area (Å²) in [5, 5.41) is 1.29. The van der Waals surface area contributed by atoms with Gasteiger partial charge in [0.1, 0.15) is 0 Å². The van der Waals surface area contributed by atoms with E-state index in [0.29, 0.717) is 0 Å². The Morgan fingerprint density at radius 3 is 2.25 bits per heavy atom. The molecule has 1 nitrogen and oxygen atoms in total. The SMILES string of the molecule is CC.CC.Cc1ccc2cc3cc(c2n1)C3. The van der Waals surface area contributed by atoms with Crippen molar-refractivity contribution in [2.75, 3.05) is 0 Å². The third kappa shape index (κ3) is 2.24. The molecule has 0 fully saturated rings. The maximum absolute atomic E-state index is 4.52. The normalized spacial score (nSPS) is 10.6. The summed E-state index contributed by atoms with van der Waals surface area (Å²) in [7, 11) is 0. The summed E-state index contributed by atoms with van der Waals surface area (Å²) in [6.45, 7) is 10.0. The minimum Gasteiger partial charge on any atom is -0.253 e. The van der Waals surface area contributed by atoms with Crippen LogP contribution in [0.1, 0.15) is 44.5 Å². The molecule has 0 aliphatic heterocycles. The zero-order valence-electron chi connectivity index (χ0n) is 11.0. The van der Waals surface area contributed by atoms with Crippen molar-refractivity contribution in [2.45, 2.75) is 41.0 Å². The Morgan fingerprint density at radius 1 is 1.00 bits per heavy atom. The van der Waals surface area contributed by atoms with Crippen LogP contribution in [0.3, 0.4) is 0 Å². The van der Waals surface area contributed by atoms with Crippen LogP contribution in [0.15, 0.2) is 24.3 Å². The second-order valence-electron chi connectivity index (χ2n) is 3.46. The van der Waals surface area contributed by atoms with E-state index in [1.54, 1.807) is 0 Å². The predicted molar refractivity (Wildman–Crippen MR) is 72.0 cm³/mol. The monoisotopic (exact) mass is 215 g/mol. The summed E-state index contributed by atoms with van der Waals surface area (Å²) in [4.78, 5) is 4.52. The van der Waals surface area contributed by atoms with Crippen LogP contribution in [0.5, 0.6) is 0 Å². The predicted octanol–water partition coefficient (Wildman–Crippen LogP) is 4.50. The lowest BCUT2D eigenvalue weighted by Gasteiger charge is -2.17. The quantitative estimate of drug-likeness (QED) is 0.538. The average Bonchev–Trinajstić information content (AvgIpc) is 2.32. The van der Waals surface area contributed by atoms with E-state index in [-0.39, 0.29) is 0 Å². The standard InChI is InChI=1S/C11H9N.2C2H6/c1-7-2-3-9-4-8-5-10(6-8)11(9)12-7;2*1-2/h2-5H,6H2,1H3;2*1-2H3. The van der Waals surface area contributed by atoms with Crippen LogP contribution in [-0.4, -0.2) is 4.98 Å². The van der Waals surface area contributed by atoms with Crippen LogP contribution in [0.4, 0.5) is 0 Å². The van der Waals surface area contributed by atoms with Crippen molar-refractivity contribution < 1.29 is 0 Å². The number of hydrogen-bond donors (Lipinski definition) is 0. The minimum absolute atomic E-state index is 1.11. The van der Waals surface area contributed by atoms with Crippen molar-refractivity contribution in [2.24, 2.45) is 0 Å². The number of aromatic nitrogens is 1. The van der Waals surface area contributed by atoms with Crippen molar-refractivity contribution in [1.82, 2.24) is 4.98 Å². The van der Waals surface area contributed by atoms with Gasteiger partial charge >= 0.3 is 0 Å². The van der Waals surface area contributed by atoms with E-state index in [4.69, 9.17) is 0 Å². The van der Waals surface area contributed by atoms with Gasteiger partial charge in [-0.2, -0.15) is 0 Å². The van der Waals surface area contributed by atoms with Gasteiger partial charge in [0, 0.05) is 11.1 Å². The Bertz CT molecular complexity index is 472. The number of rotatable bonds is 0. The molecule has 0 unspecified atom stereocenters. The van der Waals surface area contributed by atoms with Crippen LogP contribution in [0.25, 0.3) is 10.9 Å². The van der Waals surface area contributed by atoms with Gasteiger partial charge < -0.3 is 0 Å². The first-order valence-corrected chi connectivity index (χ1v) is 6.22. The van der Waals surface area contributed by atoms with Gasteiger partial charge in [-0.1, -0.05) is 39.8 Å². The van der Waals surface area contributed by atoms with Crippen LogP contribution < -0.4 is 0 Å². The van der Waals surface area contributed by atoms with E-state index in [0.717, 1.165) is 12.1 Å². The van der Waals surface area contributed by atoms with Gasteiger partial charge in [-0.15, -0.1) is 0 Å². The molecule has 16 heavy (non-hydrogen) atoms. The zero-order valence-corrected chi connectivity index (χ0v) is 11.0. The van der Waals surface area contributed by atoms with E-state index in [9.17, 15) is 0 Å². The summed E-state index contributed by atoms with van der Waals surface area (Å²) >= 11 is 0. The molecule has 86 valence electrons. The number of nitrogens with zero attached hydrogens (tertiary/aromatic N) is 1. The van der Waals surface area contributed by atoms with E-state index in [2.05, 4.69) is 29.2 Å². The molecule has 1 aromatic heterocycles. The molecule has 2 aliphatic rings. The average molecular weight is 215 g/mol. The molecule has 4 rings (SSSR count). The Labute approximate surface area is 98.5 Å². The van der Waals surface area contributed by atoms with Crippen LogP contribution in [-0.2, 0) is 6.42 Å². The van der Waals surface area contributed by atoms with Gasteiger partial charge in [-0.25, -0.2) is 0 Å². The molecule has 1 heteroatoms. The summed E-state index contributed by atoms with van der Waals surface area (Å²) in [6.07, 6.45) is 1.13. The van der Waals surface area contributed by atoms with Crippen molar-refractivity contribution in [3.63, 3.8) is 0 Å². The second kappa shape index (κ2) is 5.64. The first kappa shape index (κ1) is 12.7. The highest BCUT2D eigenvalue weighted by atomic mass is 14.7. The van der Waals surface area contributed by atoms with E-state index in [1.165, 1.54) is 22.0 Å². The van der Waals surface area contributed by atoms with Gasteiger partial charge in [0.25, 0.3) is 0 Å². The highest BCUT2D eigenvalue weighted by molar-refractivity contribution is 5.86. The van der Waals surface area contributed by atoms with Gasteiger partial charge in [0.05, 0.1) is 5.52 Å². The summed E-state index contributed by atoms with van der Waals surface area (Å²) in [5.74, 6) is 0. The zero-order chi connectivity index (χ0) is 12.1. The molecule has 1 heterocycles. The highest BCUT2D eigenvalue weighted by Gasteiger charge is 2.14. The third-order valence-corrected chi connectivity index (χ3v) is 2.46. The molecule has 0 amide bonds. The van der Waals surface area contributed by atoms with E-state index < -0.39 is 0 Å². The molecule has 0 atom stereocenters. The van der Waals surface area contributed by atoms with Crippen molar-refractivity contribution in [3.8, 4) is 0 Å². The van der Waals surface area contributed by atoms with Crippen LogP contribution in [0, 0.1) is 6.92 Å². The minimum atomic E-state index is 1.11. The van der Waals surface area contributed by atoms with E-state index in [1.807, 2.05) is 34.6 Å². The van der Waals surface area contributed by atoms with Crippen LogP contribution >= 0.6 is 0 Å². The number of benzene rings is 1. The lowest BCUT2D eigenvalue weighted by Crippen LogP contribution is -2.03. The fraction of sp³-hybridized carbons (Fsp3) is 0.400. The molecule has 1 aromatic carbocycles. The van der Waals surface area contributed by atoms with Crippen molar-refractivity contribution in [1.29, 1.82) is 0 Å². The summed E-state index contributed by atoms with van der Waals surface area (Å²) < 4.78 is 0. The molecule has 2 aliphatic carbocycles. The molecule has 0 radical (unpaired) electrons.